The van der Waals surface area contributed by atoms with E-state index in [4.69, 9.17) is 18.9 Å². The maximum absolute atomic E-state index is 10.4. The highest BCUT2D eigenvalue weighted by Crippen LogP contribution is 2.31. The number of benzene rings is 1. The van der Waals surface area contributed by atoms with Crippen LogP contribution in [0.4, 0.5) is 0 Å². The average Bonchev–Trinajstić information content (AvgIpc) is 3.00. The minimum absolute atomic E-state index is 0.0982. The van der Waals surface area contributed by atoms with Gasteiger partial charge in [0.15, 0.2) is 12.6 Å². The lowest BCUT2D eigenvalue weighted by Gasteiger charge is -2.42. The van der Waals surface area contributed by atoms with Gasteiger partial charge in [0.25, 0.3) is 0 Å². The molecule has 0 unspecified atom stereocenters. The molecule has 2 saturated heterocycles. The standard InChI is InChI=1S/C18H26O10/c19-6-11-12(21)13(22)14(28-17-15(23)18(24,8-20)9-26-17)16(27-11)25-7-10-4-2-1-3-5-10/h1-5,11-17,19-24H,6-9H2/t11-,12-,13+,14-,15+,16-,17+,18-/m1/s1. The van der Waals surface area contributed by atoms with E-state index in [1.807, 2.05) is 30.3 Å². The van der Waals surface area contributed by atoms with Gasteiger partial charge < -0.3 is 49.6 Å². The Morgan fingerprint density at radius 2 is 1.75 bits per heavy atom. The van der Waals surface area contributed by atoms with Gasteiger partial charge in [0.05, 0.1) is 26.4 Å². The van der Waals surface area contributed by atoms with Gasteiger partial charge in [0, 0.05) is 0 Å². The van der Waals surface area contributed by atoms with Crippen molar-refractivity contribution in [1.29, 1.82) is 0 Å². The summed E-state index contributed by atoms with van der Waals surface area (Å²) in [4.78, 5) is 0. The monoisotopic (exact) mass is 402 g/mol. The summed E-state index contributed by atoms with van der Waals surface area (Å²) < 4.78 is 21.9. The van der Waals surface area contributed by atoms with E-state index in [2.05, 4.69) is 0 Å². The van der Waals surface area contributed by atoms with Crippen LogP contribution in [0.25, 0.3) is 0 Å². The summed E-state index contributed by atoms with van der Waals surface area (Å²) in [6, 6.07) is 9.12. The second kappa shape index (κ2) is 9.09. The lowest BCUT2D eigenvalue weighted by atomic mass is 9.98. The molecule has 0 radical (unpaired) electrons. The number of aliphatic hydroxyl groups excluding tert-OH is 5. The Kier molecular flexibility index (Phi) is 6.99. The van der Waals surface area contributed by atoms with Crippen LogP contribution in [0.15, 0.2) is 30.3 Å². The van der Waals surface area contributed by atoms with Gasteiger partial charge in [-0.1, -0.05) is 30.3 Å². The summed E-state index contributed by atoms with van der Waals surface area (Å²) in [6.45, 7) is -1.58. The minimum atomic E-state index is -1.90. The van der Waals surface area contributed by atoms with Crippen LogP contribution in [0, 0.1) is 0 Å². The van der Waals surface area contributed by atoms with Crippen molar-refractivity contribution in [2.24, 2.45) is 0 Å². The molecular formula is C18H26O10. The Labute approximate surface area is 161 Å². The molecule has 2 heterocycles. The second-order valence-corrected chi connectivity index (χ2v) is 6.99. The minimum Gasteiger partial charge on any atom is -0.394 e. The van der Waals surface area contributed by atoms with Crippen molar-refractivity contribution in [3.8, 4) is 0 Å². The van der Waals surface area contributed by atoms with Crippen LogP contribution in [0.5, 0.6) is 0 Å². The molecule has 2 aliphatic heterocycles. The summed E-state index contributed by atoms with van der Waals surface area (Å²) in [7, 11) is 0. The fraction of sp³-hybridized carbons (Fsp3) is 0.667. The van der Waals surface area contributed by atoms with Crippen molar-refractivity contribution in [2.75, 3.05) is 19.8 Å². The smallest absolute Gasteiger partial charge is 0.187 e. The zero-order valence-electron chi connectivity index (χ0n) is 15.1. The van der Waals surface area contributed by atoms with Crippen molar-refractivity contribution in [3.05, 3.63) is 35.9 Å². The molecule has 6 N–H and O–H groups in total. The number of aliphatic hydroxyl groups is 6. The van der Waals surface area contributed by atoms with E-state index in [9.17, 15) is 30.6 Å². The third-order valence-electron chi connectivity index (χ3n) is 4.95. The van der Waals surface area contributed by atoms with Crippen LogP contribution in [-0.4, -0.2) is 99.2 Å². The van der Waals surface area contributed by atoms with Crippen LogP contribution >= 0.6 is 0 Å². The van der Waals surface area contributed by atoms with Crippen LogP contribution in [0.3, 0.4) is 0 Å². The van der Waals surface area contributed by atoms with Gasteiger partial charge in [-0.25, -0.2) is 0 Å². The Hall–Kier alpha value is -1.18. The quantitative estimate of drug-likeness (QED) is 0.287. The predicted molar refractivity (Wildman–Crippen MR) is 91.6 cm³/mol. The molecule has 1 aromatic carbocycles. The first kappa shape index (κ1) is 21.5. The van der Waals surface area contributed by atoms with Crippen LogP contribution in [-0.2, 0) is 25.6 Å². The summed E-state index contributed by atoms with van der Waals surface area (Å²) in [5, 5.41) is 59.4. The topological polar surface area (TPSA) is 158 Å². The highest BCUT2D eigenvalue weighted by Gasteiger charge is 2.53. The molecule has 1 aromatic rings. The number of hydrogen-bond acceptors (Lipinski definition) is 10. The molecule has 0 aliphatic carbocycles. The maximum atomic E-state index is 10.4. The van der Waals surface area contributed by atoms with Crippen LogP contribution < -0.4 is 0 Å². The summed E-state index contributed by atoms with van der Waals surface area (Å²) >= 11 is 0. The average molecular weight is 402 g/mol. The SMILES string of the molecule is OC[C@H]1O[C@@H](OCc2ccccc2)[C@H](O[C@@H]2OC[C@](O)(CO)[C@H]2O)[C@@H](O)[C@@H]1O. The molecule has 10 nitrogen and oxygen atoms in total. The number of ether oxygens (including phenoxy) is 4. The Balaban J connectivity index is 1.72. The Bertz CT molecular complexity index is 616. The molecule has 158 valence electrons. The van der Waals surface area contributed by atoms with Crippen molar-refractivity contribution in [1.82, 2.24) is 0 Å². The third-order valence-corrected chi connectivity index (χ3v) is 4.95. The first-order valence-electron chi connectivity index (χ1n) is 8.96. The van der Waals surface area contributed by atoms with E-state index >= 15 is 0 Å². The fourth-order valence-corrected chi connectivity index (χ4v) is 3.15. The van der Waals surface area contributed by atoms with E-state index in [0.717, 1.165) is 5.56 Å². The highest BCUT2D eigenvalue weighted by molar-refractivity contribution is 5.13. The first-order valence-corrected chi connectivity index (χ1v) is 8.96. The second-order valence-electron chi connectivity index (χ2n) is 6.99. The van der Waals surface area contributed by atoms with Crippen molar-refractivity contribution >= 4 is 0 Å². The molecule has 0 saturated carbocycles. The van der Waals surface area contributed by atoms with E-state index < -0.39 is 61.9 Å². The van der Waals surface area contributed by atoms with E-state index in [1.165, 1.54) is 0 Å². The molecular weight excluding hydrogens is 376 g/mol. The normalized spacial score (nSPS) is 41.3. The first-order chi connectivity index (χ1) is 13.4. The van der Waals surface area contributed by atoms with Gasteiger partial charge in [-0.3, -0.25) is 0 Å². The van der Waals surface area contributed by atoms with Crippen LogP contribution in [0.2, 0.25) is 0 Å². The zero-order chi connectivity index (χ0) is 20.3. The van der Waals surface area contributed by atoms with Crippen LogP contribution in [0.1, 0.15) is 5.56 Å². The largest absolute Gasteiger partial charge is 0.394 e. The summed E-state index contributed by atoms with van der Waals surface area (Å²) in [5.41, 5.74) is -1.09. The van der Waals surface area contributed by atoms with Gasteiger partial charge in [0.2, 0.25) is 0 Å². The molecule has 10 heteroatoms. The van der Waals surface area contributed by atoms with Crippen molar-refractivity contribution < 1.29 is 49.6 Å². The number of rotatable bonds is 7. The Morgan fingerprint density at radius 1 is 1.04 bits per heavy atom. The van der Waals surface area contributed by atoms with Crippen molar-refractivity contribution in [3.63, 3.8) is 0 Å². The summed E-state index contributed by atoms with van der Waals surface area (Å²) in [6.07, 6.45) is -9.56. The lowest BCUT2D eigenvalue weighted by molar-refractivity contribution is -0.338. The molecule has 2 fully saturated rings. The molecule has 0 amide bonds. The molecule has 28 heavy (non-hydrogen) atoms. The van der Waals surface area contributed by atoms with Gasteiger partial charge >= 0.3 is 0 Å². The highest BCUT2D eigenvalue weighted by atomic mass is 16.8. The van der Waals surface area contributed by atoms with E-state index in [-0.39, 0.29) is 13.2 Å². The zero-order valence-corrected chi connectivity index (χ0v) is 15.1. The molecule has 0 bridgehead atoms. The van der Waals surface area contributed by atoms with Crippen molar-refractivity contribution in [2.45, 2.75) is 55.3 Å². The number of hydrogen-bond donors (Lipinski definition) is 6. The maximum Gasteiger partial charge on any atom is 0.187 e. The molecule has 0 spiro atoms. The predicted octanol–water partition coefficient (Wildman–Crippen LogP) is -2.53. The third kappa shape index (κ3) is 4.36. The Morgan fingerprint density at radius 3 is 2.36 bits per heavy atom. The van der Waals surface area contributed by atoms with Gasteiger partial charge in [0.1, 0.15) is 36.1 Å². The van der Waals surface area contributed by atoms with Gasteiger partial charge in [-0.05, 0) is 5.56 Å². The van der Waals surface area contributed by atoms with E-state index in [1.54, 1.807) is 0 Å². The molecule has 2 aliphatic rings. The van der Waals surface area contributed by atoms with E-state index in [0.29, 0.717) is 0 Å². The fourth-order valence-electron chi connectivity index (χ4n) is 3.15. The summed E-state index contributed by atoms with van der Waals surface area (Å²) in [5.74, 6) is 0. The molecule has 0 aromatic heterocycles. The molecule has 3 rings (SSSR count). The lowest BCUT2D eigenvalue weighted by Crippen LogP contribution is -2.61. The van der Waals surface area contributed by atoms with Gasteiger partial charge in [-0.2, -0.15) is 0 Å². The molecule has 8 atom stereocenters. The van der Waals surface area contributed by atoms with Gasteiger partial charge in [-0.15, -0.1) is 0 Å².